The van der Waals surface area contributed by atoms with E-state index < -0.39 is 86.7 Å². The molecule has 1 aliphatic carbocycles. The van der Waals surface area contributed by atoms with Gasteiger partial charge in [0, 0.05) is 23.3 Å². The number of alkyl carbamates (subject to hydrolysis) is 1. The molecule has 2 saturated heterocycles. The Morgan fingerprint density at radius 3 is 2.64 bits per heavy atom. The monoisotopic (exact) mass is 805 g/mol. The second-order valence-corrected chi connectivity index (χ2v) is 17.5. The Morgan fingerprint density at radius 2 is 1.96 bits per heavy atom. The Balaban J connectivity index is 1.28. The maximum atomic E-state index is 14.7. The molecule has 2 aromatic rings. The van der Waals surface area contributed by atoms with Gasteiger partial charge in [-0.3, -0.25) is 14.4 Å². The molecule has 5 aliphatic rings. The highest BCUT2D eigenvalue weighted by Gasteiger charge is 2.65. The lowest BCUT2D eigenvalue weighted by molar-refractivity contribution is -0.144. The number of rotatable bonds is 5. The molecule has 0 radical (unpaired) electrons. The minimum atomic E-state index is -4.92. The quantitative estimate of drug-likeness (QED) is 0.413. The van der Waals surface area contributed by atoms with Crippen LogP contribution in [0, 0.1) is 5.92 Å². The topological polar surface area (TPSA) is 174 Å². The van der Waals surface area contributed by atoms with Gasteiger partial charge in [-0.2, -0.15) is 13.2 Å². The number of methoxy groups -OCH3 is 1. The molecule has 1 saturated carbocycles. The van der Waals surface area contributed by atoms with Crippen LogP contribution in [0.2, 0.25) is 0 Å². The molecule has 304 valence electrons. The van der Waals surface area contributed by atoms with Crippen LogP contribution in [0.15, 0.2) is 30.4 Å². The van der Waals surface area contributed by atoms with Crippen LogP contribution in [-0.2, 0) is 41.7 Å². The summed E-state index contributed by atoms with van der Waals surface area (Å²) in [5, 5.41) is 5.88. The lowest BCUT2D eigenvalue weighted by Gasteiger charge is -2.37. The van der Waals surface area contributed by atoms with Gasteiger partial charge in [-0.05, 0) is 70.1 Å². The summed E-state index contributed by atoms with van der Waals surface area (Å²) in [5.74, 6) is -3.06. The van der Waals surface area contributed by atoms with Crippen molar-refractivity contribution in [3.05, 3.63) is 41.6 Å². The Morgan fingerprint density at radius 1 is 1.18 bits per heavy atom. The number of halogens is 3. The third kappa shape index (κ3) is 7.36. The largest absolute Gasteiger partial charge is 0.497 e. The van der Waals surface area contributed by atoms with Crippen molar-refractivity contribution < 1.29 is 55.0 Å². The first kappa shape index (κ1) is 39.6. The highest BCUT2D eigenvalue weighted by molar-refractivity contribution is 7.90. The van der Waals surface area contributed by atoms with Crippen LogP contribution >= 0.6 is 0 Å². The number of alkyl halides is 3. The highest BCUT2D eigenvalue weighted by Crippen LogP contribution is 2.50. The van der Waals surface area contributed by atoms with Crippen molar-refractivity contribution in [1.82, 2.24) is 24.8 Å². The van der Waals surface area contributed by atoms with E-state index in [4.69, 9.17) is 14.2 Å². The number of carbonyl (C=O) groups excluding carboxylic acids is 4. The average Bonchev–Trinajstić information content (AvgIpc) is 3.72. The summed E-state index contributed by atoms with van der Waals surface area (Å²) in [7, 11) is -2.41. The lowest BCUT2D eigenvalue weighted by atomic mass is 9.87. The fraction of sp³-hybridized carbons (Fsp3) is 0.605. The van der Waals surface area contributed by atoms with E-state index in [1.807, 2.05) is 13.0 Å². The summed E-state index contributed by atoms with van der Waals surface area (Å²) in [6.45, 7) is 3.18. The summed E-state index contributed by atoms with van der Waals surface area (Å²) in [4.78, 5) is 61.2. The second-order valence-electron chi connectivity index (χ2n) is 15.5. The summed E-state index contributed by atoms with van der Waals surface area (Å²) in [5.41, 5.74) is -4.01. The average molecular weight is 806 g/mol. The first-order chi connectivity index (χ1) is 26.5. The molecule has 1 aromatic heterocycles. The number of benzene rings is 1. The number of fused-ring (bicyclic) bond motifs is 5. The predicted molar refractivity (Wildman–Crippen MR) is 195 cm³/mol. The molecule has 2 N–H and O–H groups in total. The van der Waals surface area contributed by atoms with Gasteiger partial charge >= 0.3 is 12.3 Å². The van der Waals surface area contributed by atoms with Gasteiger partial charge in [-0.1, -0.05) is 31.9 Å². The number of nitrogens with one attached hydrogen (secondary N) is 2. The SMILES string of the molecule is CCC(C)OC(=O)NC1CCCCCC=CC2CC2(C(=O)N2CCS2(=O)=O)NC(=O)C2CC3(CCc4c(c(C(F)(F)F)nc5ccc(OC)cc45)O3)CN2C1=O. The molecule has 1 aromatic carbocycles. The third-order valence-electron chi connectivity index (χ3n) is 11.7. The molecule has 6 atom stereocenters. The standard InChI is InChI=1S/C38H46F3N5O9S/c1-4-22(2)54-35(50)43-28-11-9-7-5-6-8-10-23-19-37(23,34(49)46-16-17-56(46,51)52)44-32(47)29-20-36(21-45(29)33(28)48)15-14-25-26-18-24(53-3)12-13-27(26)42-31(30(25)55-36)38(39,40)41/h8,10,12-13,18,22-23,28-29H,4-7,9,11,14-17,19-21H2,1-3H3,(H,43,50)(H,44,47). The number of allylic oxidation sites excluding steroid dienone is 1. The zero-order chi connectivity index (χ0) is 40.2. The Hall–Kier alpha value is -4.61. The molecular weight excluding hydrogens is 760 g/mol. The van der Waals surface area contributed by atoms with E-state index in [0.717, 1.165) is 4.31 Å². The molecule has 18 heteroatoms. The number of amides is 4. The van der Waals surface area contributed by atoms with Crippen LogP contribution in [0.4, 0.5) is 18.0 Å². The molecule has 3 fully saturated rings. The smallest absolute Gasteiger partial charge is 0.437 e. The van der Waals surface area contributed by atoms with Gasteiger partial charge in [0.25, 0.3) is 5.91 Å². The van der Waals surface area contributed by atoms with Crippen LogP contribution < -0.4 is 20.1 Å². The van der Waals surface area contributed by atoms with Crippen molar-refractivity contribution in [2.24, 2.45) is 5.92 Å². The molecule has 56 heavy (non-hydrogen) atoms. The highest BCUT2D eigenvalue weighted by atomic mass is 32.2. The van der Waals surface area contributed by atoms with Crippen molar-refractivity contribution in [2.75, 3.05) is 26.0 Å². The first-order valence-corrected chi connectivity index (χ1v) is 20.7. The van der Waals surface area contributed by atoms with Gasteiger partial charge in [0.15, 0.2) is 11.4 Å². The van der Waals surface area contributed by atoms with E-state index in [1.54, 1.807) is 19.1 Å². The van der Waals surface area contributed by atoms with E-state index in [9.17, 15) is 40.8 Å². The van der Waals surface area contributed by atoms with Gasteiger partial charge in [-0.15, -0.1) is 0 Å². The fourth-order valence-electron chi connectivity index (χ4n) is 8.25. The summed E-state index contributed by atoms with van der Waals surface area (Å²) in [6, 6.07) is 2.01. The minimum absolute atomic E-state index is 0.0319. The number of aryl methyl sites for hydroxylation is 1. The number of ether oxygens (including phenoxy) is 3. The predicted octanol–water partition coefficient (Wildman–Crippen LogP) is 4.39. The maximum Gasteiger partial charge on any atom is 0.437 e. The number of hydrogen-bond donors (Lipinski definition) is 2. The molecule has 14 nitrogen and oxygen atoms in total. The molecule has 4 aliphatic heterocycles. The number of hydrogen-bond acceptors (Lipinski definition) is 10. The van der Waals surface area contributed by atoms with Crippen LogP contribution in [0.5, 0.6) is 11.5 Å². The number of sulfonamides is 1. The molecule has 0 bridgehead atoms. The molecule has 1 spiro atoms. The fourth-order valence-corrected chi connectivity index (χ4v) is 9.33. The van der Waals surface area contributed by atoms with Crippen LogP contribution in [0.3, 0.4) is 0 Å². The van der Waals surface area contributed by atoms with E-state index in [2.05, 4.69) is 15.6 Å². The van der Waals surface area contributed by atoms with Crippen molar-refractivity contribution >= 4 is 44.7 Å². The van der Waals surface area contributed by atoms with Crippen molar-refractivity contribution in [1.29, 1.82) is 0 Å². The molecular formula is C38H46F3N5O9S. The van der Waals surface area contributed by atoms with Gasteiger partial charge in [-0.25, -0.2) is 22.5 Å². The first-order valence-electron chi connectivity index (χ1n) is 19.1. The zero-order valence-corrected chi connectivity index (χ0v) is 32.3. The normalized spacial score (nSPS) is 29.4. The maximum absolute atomic E-state index is 14.7. The Labute approximate surface area is 322 Å². The van der Waals surface area contributed by atoms with E-state index in [-0.39, 0.29) is 62.0 Å². The Kier molecular flexibility index (Phi) is 10.4. The van der Waals surface area contributed by atoms with E-state index in [1.165, 1.54) is 24.1 Å². The number of nitrogens with zero attached hydrogens (tertiary/aromatic N) is 3. The summed E-state index contributed by atoms with van der Waals surface area (Å²) >= 11 is 0. The van der Waals surface area contributed by atoms with Crippen LogP contribution in [-0.4, -0.2) is 102 Å². The molecule has 4 amide bonds. The van der Waals surface area contributed by atoms with Crippen molar-refractivity contribution in [3.63, 3.8) is 0 Å². The van der Waals surface area contributed by atoms with Gasteiger partial charge in [0.2, 0.25) is 21.8 Å². The second kappa shape index (κ2) is 14.7. The van der Waals surface area contributed by atoms with E-state index >= 15 is 0 Å². The van der Waals surface area contributed by atoms with Crippen LogP contribution in [0.25, 0.3) is 10.9 Å². The van der Waals surface area contributed by atoms with Crippen molar-refractivity contribution in [2.45, 2.75) is 114 Å². The Bertz CT molecular complexity index is 2080. The third-order valence-corrected chi connectivity index (χ3v) is 13.4. The van der Waals surface area contributed by atoms with Gasteiger partial charge < -0.3 is 29.7 Å². The van der Waals surface area contributed by atoms with Gasteiger partial charge in [0.1, 0.15) is 35.1 Å². The summed E-state index contributed by atoms with van der Waals surface area (Å²) < 4.78 is 87.1. The molecule has 6 unspecified atom stereocenters. The molecule has 5 heterocycles. The zero-order valence-electron chi connectivity index (χ0n) is 31.4. The lowest BCUT2D eigenvalue weighted by Crippen LogP contribution is -2.62. The number of pyridine rings is 1. The van der Waals surface area contributed by atoms with Gasteiger partial charge in [0.05, 0.1) is 31.5 Å². The minimum Gasteiger partial charge on any atom is -0.497 e. The number of carbonyl (C=O) groups is 4. The number of aromatic nitrogens is 1. The van der Waals surface area contributed by atoms with Crippen LogP contribution in [0.1, 0.15) is 82.9 Å². The van der Waals surface area contributed by atoms with Crippen molar-refractivity contribution in [3.8, 4) is 11.5 Å². The molecule has 7 rings (SSSR count). The van der Waals surface area contributed by atoms with E-state index in [0.29, 0.717) is 43.2 Å². The summed E-state index contributed by atoms with van der Waals surface area (Å²) in [6.07, 6.45) is 0.773.